The minimum atomic E-state index is -2.20. The Kier molecular flexibility index (Phi) is 9.23. The second-order valence-electron chi connectivity index (χ2n) is 7.51. The molecule has 0 aromatic carbocycles. The third-order valence-corrected chi connectivity index (χ3v) is 17.5. The van der Waals surface area contributed by atoms with Crippen molar-refractivity contribution in [2.24, 2.45) is 0 Å². The van der Waals surface area contributed by atoms with Gasteiger partial charge in [-0.3, -0.25) is 0 Å². The second-order valence-corrected chi connectivity index (χ2v) is 21.3. The van der Waals surface area contributed by atoms with Crippen molar-refractivity contribution in [2.45, 2.75) is 69.9 Å². The van der Waals surface area contributed by atoms with E-state index in [1.54, 1.807) is 0 Å². The summed E-state index contributed by atoms with van der Waals surface area (Å²) >= 11 is 0. The van der Waals surface area contributed by atoms with Crippen LogP contribution in [-0.2, 0) is 22.2 Å². The number of hydrogen-bond acceptors (Lipinski definition) is 5. The average molecular weight is 395 g/mol. The van der Waals surface area contributed by atoms with Crippen LogP contribution in [0.2, 0.25) is 50.5 Å². The van der Waals surface area contributed by atoms with Crippen LogP contribution < -0.4 is 0 Å². The molecule has 0 N–H and O–H groups in total. The summed E-state index contributed by atoms with van der Waals surface area (Å²) in [6, 6.07) is 1.74. The fourth-order valence-electron chi connectivity index (χ4n) is 2.59. The van der Waals surface area contributed by atoms with Gasteiger partial charge in [-0.15, -0.1) is 0 Å². The summed E-state index contributed by atoms with van der Waals surface area (Å²) in [5.41, 5.74) is 0.800. The van der Waals surface area contributed by atoms with E-state index in [0.29, 0.717) is 12.7 Å². The van der Waals surface area contributed by atoms with Crippen molar-refractivity contribution in [3.05, 3.63) is 0 Å². The molecule has 0 saturated carbocycles. The highest BCUT2D eigenvalue weighted by atomic mass is 28.5. The predicted octanol–water partition coefficient (Wildman–Crippen LogP) is 3.07. The molecule has 1 aliphatic rings. The summed E-state index contributed by atoms with van der Waals surface area (Å²) in [6.45, 7) is 15.3. The summed E-state index contributed by atoms with van der Waals surface area (Å²) in [6.07, 6.45) is 1.29. The standard InChI is InChI=1S/C14H34O5Si4/c1-7-21(15)13-20(2)18-23(6,19-22(3,4)5)10-8-9-16-11-14-12-17-14/h14,20H,7-13H2,1-6H3. The minimum absolute atomic E-state index is 0.326. The lowest BCUT2D eigenvalue weighted by atomic mass is 10.5. The molecule has 5 nitrogen and oxygen atoms in total. The highest BCUT2D eigenvalue weighted by molar-refractivity contribution is 6.85. The van der Waals surface area contributed by atoms with Crippen molar-refractivity contribution in [3.8, 4) is 0 Å². The van der Waals surface area contributed by atoms with Gasteiger partial charge in [0.25, 0.3) is 8.68 Å². The van der Waals surface area contributed by atoms with Crippen LogP contribution in [0.1, 0.15) is 13.3 Å². The summed E-state index contributed by atoms with van der Waals surface area (Å²) in [7, 11) is -6.73. The van der Waals surface area contributed by atoms with E-state index in [4.69, 9.17) is 17.7 Å². The van der Waals surface area contributed by atoms with Gasteiger partial charge in [-0.2, -0.15) is 0 Å². The van der Waals surface area contributed by atoms with Gasteiger partial charge in [0, 0.05) is 12.3 Å². The van der Waals surface area contributed by atoms with Gasteiger partial charge in [0.15, 0.2) is 17.4 Å². The quantitative estimate of drug-likeness (QED) is 0.273. The summed E-state index contributed by atoms with van der Waals surface area (Å²) in [5.74, 6) is 0. The van der Waals surface area contributed by atoms with Crippen molar-refractivity contribution in [1.29, 1.82) is 0 Å². The molecule has 0 spiro atoms. The fraction of sp³-hybridized carbons (Fsp3) is 1.00. The molecule has 1 rings (SSSR count). The maximum atomic E-state index is 11.9. The highest BCUT2D eigenvalue weighted by Gasteiger charge is 2.38. The third-order valence-electron chi connectivity index (χ3n) is 3.51. The topological polar surface area (TPSA) is 57.3 Å². The lowest BCUT2D eigenvalue weighted by molar-refractivity contribution is 0.116. The minimum Gasteiger partial charge on any atom is -0.439 e. The first-order chi connectivity index (χ1) is 10.6. The Morgan fingerprint density at radius 1 is 1.30 bits per heavy atom. The third kappa shape index (κ3) is 10.9. The van der Waals surface area contributed by atoms with Gasteiger partial charge in [-0.05, 0) is 51.2 Å². The van der Waals surface area contributed by atoms with E-state index < -0.39 is 34.6 Å². The largest absolute Gasteiger partial charge is 0.439 e. The van der Waals surface area contributed by atoms with E-state index in [2.05, 4.69) is 32.7 Å². The molecular formula is C14H34O5Si4. The summed E-state index contributed by atoms with van der Waals surface area (Å²) in [5, 5.41) is 0. The molecule has 9 heteroatoms. The van der Waals surface area contributed by atoms with Crippen LogP contribution in [0.3, 0.4) is 0 Å². The monoisotopic (exact) mass is 394 g/mol. The normalized spacial score (nSPS) is 21.7. The number of ether oxygens (including phenoxy) is 2. The Labute approximate surface area is 146 Å². The van der Waals surface area contributed by atoms with E-state index in [1.165, 1.54) is 0 Å². The van der Waals surface area contributed by atoms with Crippen molar-refractivity contribution in [3.63, 3.8) is 0 Å². The molecule has 3 unspecified atom stereocenters. The van der Waals surface area contributed by atoms with Crippen LogP contribution in [0.4, 0.5) is 0 Å². The molecule has 0 aliphatic carbocycles. The Morgan fingerprint density at radius 3 is 2.48 bits per heavy atom. The molecule has 0 amide bonds. The van der Waals surface area contributed by atoms with Gasteiger partial charge in [-0.25, -0.2) is 0 Å². The highest BCUT2D eigenvalue weighted by Crippen LogP contribution is 2.23. The first kappa shape index (κ1) is 21.6. The summed E-state index contributed by atoms with van der Waals surface area (Å²) < 4.78 is 35.6. The van der Waals surface area contributed by atoms with Gasteiger partial charge in [0.2, 0.25) is 0 Å². The van der Waals surface area contributed by atoms with Gasteiger partial charge < -0.3 is 22.2 Å². The molecule has 1 fully saturated rings. The maximum Gasteiger partial charge on any atom is 0.314 e. The fourth-order valence-corrected chi connectivity index (χ4v) is 18.3. The zero-order valence-electron chi connectivity index (χ0n) is 15.6. The molecule has 1 heterocycles. The van der Waals surface area contributed by atoms with E-state index in [9.17, 15) is 4.46 Å². The molecule has 23 heavy (non-hydrogen) atoms. The maximum absolute atomic E-state index is 11.9. The molecular weight excluding hydrogens is 360 g/mol. The predicted molar refractivity (Wildman–Crippen MR) is 102 cm³/mol. The number of rotatable bonds is 13. The molecule has 3 atom stereocenters. The molecule has 0 bridgehead atoms. The lowest BCUT2D eigenvalue weighted by Gasteiger charge is -2.36. The zero-order chi connectivity index (χ0) is 17.5. The Balaban J connectivity index is 2.44. The van der Waals surface area contributed by atoms with Crippen molar-refractivity contribution < 1.29 is 22.2 Å². The first-order valence-corrected chi connectivity index (χ1v) is 18.9. The van der Waals surface area contributed by atoms with Crippen LogP contribution >= 0.6 is 0 Å². The molecule has 0 radical (unpaired) electrons. The van der Waals surface area contributed by atoms with E-state index in [0.717, 1.165) is 37.4 Å². The summed E-state index contributed by atoms with van der Waals surface area (Å²) in [4.78, 5) is 0. The van der Waals surface area contributed by atoms with Crippen LogP contribution in [0.25, 0.3) is 0 Å². The van der Waals surface area contributed by atoms with E-state index >= 15 is 0 Å². The van der Waals surface area contributed by atoms with Gasteiger partial charge >= 0.3 is 8.56 Å². The Hall–Kier alpha value is 0.508. The van der Waals surface area contributed by atoms with Crippen molar-refractivity contribution in [2.75, 3.05) is 19.8 Å². The average Bonchev–Trinajstić information content (AvgIpc) is 3.19. The van der Waals surface area contributed by atoms with Gasteiger partial charge in [0.1, 0.15) is 6.10 Å². The lowest BCUT2D eigenvalue weighted by Crippen LogP contribution is -2.50. The second kappa shape index (κ2) is 9.85. The van der Waals surface area contributed by atoms with Crippen LogP contribution in [0, 0.1) is 0 Å². The van der Waals surface area contributed by atoms with Crippen molar-refractivity contribution >= 4 is 34.6 Å². The smallest absolute Gasteiger partial charge is 0.314 e. The molecule has 1 aliphatic heterocycles. The van der Waals surface area contributed by atoms with Crippen molar-refractivity contribution in [1.82, 2.24) is 0 Å². The van der Waals surface area contributed by atoms with E-state index in [-0.39, 0.29) is 0 Å². The number of hydrogen-bond donors (Lipinski definition) is 0. The molecule has 0 aromatic rings. The molecule has 136 valence electrons. The van der Waals surface area contributed by atoms with Gasteiger partial charge in [-0.1, -0.05) is 6.92 Å². The van der Waals surface area contributed by atoms with Crippen LogP contribution in [0.5, 0.6) is 0 Å². The van der Waals surface area contributed by atoms with Crippen LogP contribution in [-0.4, -0.2) is 60.5 Å². The Bertz CT molecular complexity index is 373. The molecule has 0 aromatic heterocycles. The van der Waals surface area contributed by atoms with E-state index in [1.807, 2.05) is 6.92 Å². The molecule has 1 saturated heterocycles. The van der Waals surface area contributed by atoms with Gasteiger partial charge in [0.05, 0.1) is 13.2 Å². The zero-order valence-corrected chi connectivity index (χ0v) is 19.8. The number of epoxide rings is 1. The first-order valence-electron chi connectivity index (χ1n) is 8.72. The van der Waals surface area contributed by atoms with Crippen LogP contribution in [0.15, 0.2) is 0 Å². The SMILES string of the molecule is CC[Si](=O)C[SiH](C)O[Si](C)(CCCOCC1CO1)O[Si](C)(C)C. The Morgan fingerprint density at radius 2 is 1.96 bits per heavy atom.